The van der Waals surface area contributed by atoms with Gasteiger partial charge in [-0.1, -0.05) is 40.9 Å². The number of aryl methyl sites for hydroxylation is 1. The number of likely N-dealkylation sites (N-methyl/N-ethyl adjacent to an activating group) is 1. The van der Waals surface area contributed by atoms with Crippen molar-refractivity contribution in [3.63, 3.8) is 0 Å². The maximum absolute atomic E-state index is 6.33. The van der Waals surface area contributed by atoms with Crippen LogP contribution in [0.25, 0.3) is 0 Å². The maximum atomic E-state index is 6.33. The van der Waals surface area contributed by atoms with E-state index in [9.17, 15) is 0 Å². The van der Waals surface area contributed by atoms with E-state index in [-0.39, 0.29) is 0 Å². The van der Waals surface area contributed by atoms with Crippen molar-refractivity contribution in [2.24, 2.45) is 0 Å². The number of nitrogens with one attached hydrogen (secondary N) is 2. The van der Waals surface area contributed by atoms with Gasteiger partial charge in [0, 0.05) is 17.1 Å². The Balaban J connectivity index is 1.68. The Morgan fingerprint density at radius 2 is 2.04 bits per heavy atom. The maximum Gasteiger partial charge on any atom is 0.178 e. The van der Waals surface area contributed by atoms with Crippen LogP contribution in [0.3, 0.4) is 0 Å². The molecule has 2 aliphatic rings. The van der Waals surface area contributed by atoms with E-state index in [1.807, 2.05) is 12.1 Å². The number of anilines is 2. The smallest absolute Gasteiger partial charge is 0.178 e. The van der Waals surface area contributed by atoms with Crippen LogP contribution >= 0.6 is 35.4 Å². The summed E-state index contributed by atoms with van der Waals surface area (Å²) in [5.41, 5.74) is 4.73. The Morgan fingerprint density at radius 3 is 2.81 bits per heavy atom. The van der Waals surface area contributed by atoms with Gasteiger partial charge in [0.1, 0.15) is 0 Å². The molecule has 0 aromatic heterocycles. The zero-order chi connectivity index (χ0) is 18.4. The largest absolute Gasteiger partial charge is 0.337 e. The van der Waals surface area contributed by atoms with Gasteiger partial charge in [0.25, 0.3) is 0 Å². The molecule has 0 bridgehead atoms. The predicted octanol–water partition coefficient (Wildman–Crippen LogP) is 3.89. The standard InChI is InChI=1S/C20H21Cl2N3S/c1-12-3-6-18-14(9-12)15-11-24(2)8-7-19(15)25(18)20(26)23-17-5-4-13(21)10-16(17)22/h3-6,9-10,15,19H,7-8,11H2,1-2H3,(H,23,26)/p+1/t15-,19+/m0/s1. The van der Waals surface area contributed by atoms with E-state index in [1.165, 1.54) is 16.8 Å². The van der Waals surface area contributed by atoms with Crippen molar-refractivity contribution in [1.29, 1.82) is 0 Å². The number of piperidine rings is 1. The van der Waals surface area contributed by atoms with Crippen LogP contribution in [0.2, 0.25) is 10.0 Å². The van der Waals surface area contributed by atoms with Gasteiger partial charge < -0.3 is 15.1 Å². The molecule has 2 aromatic rings. The quantitative estimate of drug-likeness (QED) is 0.700. The first-order valence-corrected chi connectivity index (χ1v) is 10.1. The summed E-state index contributed by atoms with van der Waals surface area (Å²) in [5.74, 6) is 0.513. The number of fused-ring (bicyclic) bond motifs is 3. The number of hydrogen-bond donors (Lipinski definition) is 2. The molecule has 2 aliphatic heterocycles. The zero-order valence-corrected chi connectivity index (χ0v) is 17.2. The summed E-state index contributed by atoms with van der Waals surface area (Å²) >= 11 is 18.2. The highest BCUT2D eigenvalue weighted by molar-refractivity contribution is 7.80. The number of quaternary nitrogens is 1. The highest BCUT2D eigenvalue weighted by Gasteiger charge is 2.44. The van der Waals surface area contributed by atoms with Crippen molar-refractivity contribution in [3.8, 4) is 0 Å². The third-order valence-corrected chi connectivity index (χ3v) is 6.31. The fourth-order valence-corrected chi connectivity index (χ4v) is 5.03. The summed E-state index contributed by atoms with van der Waals surface area (Å²) in [6, 6.07) is 12.5. The summed E-state index contributed by atoms with van der Waals surface area (Å²) in [4.78, 5) is 3.88. The highest BCUT2D eigenvalue weighted by atomic mass is 35.5. The monoisotopic (exact) mass is 406 g/mol. The third-order valence-electron chi connectivity index (χ3n) is 5.46. The molecule has 3 nitrogen and oxygen atoms in total. The molecule has 1 saturated heterocycles. The third kappa shape index (κ3) is 3.20. The van der Waals surface area contributed by atoms with Gasteiger partial charge >= 0.3 is 0 Å². The van der Waals surface area contributed by atoms with Crippen LogP contribution in [0.4, 0.5) is 11.4 Å². The molecule has 2 heterocycles. The molecule has 1 unspecified atom stereocenters. The normalized spacial score (nSPS) is 24.2. The molecule has 6 heteroatoms. The summed E-state index contributed by atoms with van der Waals surface area (Å²) in [6.07, 6.45) is 1.13. The Bertz CT molecular complexity index is 870. The number of hydrogen-bond acceptors (Lipinski definition) is 1. The lowest BCUT2D eigenvalue weighted by molar-refractivity contribution is -0.886. The fourth-order valence-electron chi connectivity index (χ4n) is 4.23. The van der Waals surface area contributed by atoms with Gasteiger partial charge in [0.2, 0.25) is 0 Å². The summed E-state index contributed by atoms with van der Waals surface area (Å²) in [7, 11) is 2.28. The molecule has 0 amide bonds. The van der Waals surface area contributed by atoms with E-state index in [2.05, 4.69) is 42.4 Å². The van der Waals surface area contributed by atoms with Crippen LogP contribution in [-0.2, 0) is 0 Å². The Morgan fingerprint density at radius 1 is 1.23 bits per heavy atom. The molecule has 2 aromatic carbocycles. The molecule has 2 N–H and O–H groups in total. The van der Waals surface area contributed by atoms with E-state index >= 15 is 0 Å². The molecule has 4 rings (SSSR count). The van der Waals surface area contributed by atoms with E-state index < -0.39 is 0 Å². The minimum Gasteiger partial charge on any atom is -0.337 e. The number of likely N-dealkylation sites (tertiary alicyclic amines) is 1. The van der Waals surface area contributed by atoms with Crippen molar-refractivity contribution in [2.75, 3.05) is 30.4 Å². The number of halogens is 2. The first kappa shape index (κ1) is 18.1. The fraction of sp³-hybridized carbons (Fsp3) is 0.350. The van der Waals surface area contributed by atoms with Crippen molar-refractivity contribution < 1.29 is 4.90 Å². The first-order valence-electron chi connectivity index (χ1n) is 8.91. The van der Waals surface area contributed by atoms with Gasteiger partial charge in [-0.05, 0) is 49.0 Å². The highest BCUT2D eigenvalue weighted by Crippen LogP contribution is 2.43. The Hall–Kier alpha value is -1.33. The number of thiocarbonyl (C=S) groups is 1. The van der Waals surface area contributed by atoms with Crippen LogP contribution in [0, 0.1) is 6.92 Å². The second-order valence-electron chi connectivity index (χ2n) is 7.36. The molecule has 0 aliphatic carbocycles. The van der Waals surface area contributed by atoms with E-state index in [0.29, 0.717) is 27.1 Å². The molecule has 3 atom stereocenters. The topological polar surface area (TPSA) is 19.7 Å². The van der Waals surface area contributed by atoms with Crippen molar-refractivity contribution in [2.45, 2.75) is 25.3 Å². The van der Waals surface area contributed by atoms with Crippen molar-refractivity contribution in [1.82, 2.24) is 0 Å². The lowest BCUT2D eigenvalue weighted by Crippen LogP contribution is -3.11. The van der Waals surface area contributed by atoms with Gasteiger partial charge in [0.05, 0.1) is 42.8 Å². The molecule has 0 radical (unpaired) electrons. The summed E-state index contributed by atoms with van der Waals surface area (Å²) < 4.78 is 0. The molecule has 1 fully saturated rings. The van der Waals surface area contributed by atoms with Gasteiger partial charge in [0.15, 0.2) is 5.11 Å². The van der Waals surface area contributed by atoms with Crippen LogP contribution in [0.1, 0.15) is 23.5 Å². The average molecular weight is 407 g/mol. The lowest BCUT2D eigenvalue weighted by atomic mass is 9.89. The van der Waals surface area contributed by atoms with Gasteiger partial charge in [-0.2, -0.15) is 0 Å². The van der Waals surface area contributed by atoms with E-state index in [0.717, 1.165) is 25.2 Å². The van der Waals surface area contributed by atoms with Gasteiger partial charge in [-0.15, -0.1) is 0 Å². The zero-order valence-electron chi connectivity index (χ0n) is 14.9. The van der Waals surface area contributed by atoms with Crippen molar-refractivity contribution in [3.05, 3.63) is 57.6 Å². The molecule has 0 spiro atoms. The van der Waals surface area contributed by atoms with Gasteiger partial charge in [-0.3, -0.25) is 0 Å². The van der Waals surface area contributed by atoms with Crippen molar-refractivity contribution >= 4 is 51.9 Å². The Kier molecular flexibility index (Phi) is 4.86. The number of benzene rings is 2. The molecule has 26 heavy (non-hydrogen) atoms. The Labute approximate surface area is 169 Å². The second-order valence-corrected chi connectivity index (χ2v) is 8.59. The minimum atomic E-state index is 0.404. The average Bonchev–Trinajstić information content (AvgIpc) is 2.90. The number of nitrogens with zero attached hydrogens (tertiary/aromatic N) is 1. The first-order chi connectivity index (χ1) is 12.4. The van der Waals surface area contributed by atoms with E-state index in [1.54, 1.807) is 11.0 Å². The number of rotatable bonds is 1. The second kappa shape index (κ2) is 7.01. The van der Waals surface area contributed by atoms with Crippen LogP contribution < -0.4 is 15.1 Å². The van der Waals surface area contributed by atoms with Crippen LogP contribution in [-0.4, -0.2) is 31.3 Å². The van der Waals surface area contributed by atoms with Gasteiger partial charge in [-0.25, -0.2) is 0 Å². The molecular formula is C20H22Cl2N3S+. The molecule has 0 saturated carbocycles. The summed E-state index contributed by atoms with van der Waals surface area (Å²) in [6.45, 7) is 4.46. The molecule has 136 valence electrons. The predicted molar refractivity (Wildman–Crippen MR) is 114 cm³/mol. The lowest BCUT2D eigenvalue weighted by Gasteiger charge is -2.35. The minimum absolute atomic E-state index is 0.404. The molecular weight excluding hydrogens is 385 g/mol. The van der Waals surface area contributed by atoms with E-state index in [4.69, 9.17) is 35.4 Å². The van der Waals surface area contributed by atoms with Crippen LogP contribution in [0.5, 0.6) is 0 Å². The summed E-state index contributed by atoms with van der Waals surface area (Å²) in [5, 5.41) is 5.23. The SMILES string of the molecule is Cc1ccc2c(c1)[C@@H]1C[NH+](C)CC[C@H]1N2C(=S)Nc1ccc(Cl)cc1Cl. The van der Waals surface area contributed by atoms with Crippen LogP contribution in [0.15, 0.2) is 36.4 Å².